The van der Waals surface area contributed by atoms with Crippen molar-refractivity contribution in [3.05, 3.63) is 101 Å². The molecule has 36 heavy (non-hydrogen) atoms. The van der Waals surface area contributed by atoms with Gasteiger partial charge >= 0.3 is 0 Å². The number of carbonyl (C=O) groups is 3. The number of amides is 3. The van der Waals surface area contributed by atoms with Gasteiger partial charge in [0.05, 0.1) is 5.69 Å². The molecule has 2 aliphatic rings. The average Bonchev–Trinajstić information content (AvgIpc) is 3.12. The highest BCUT2D eigenvalue weighted by atomic mass is 35.5. The molecule has 0 aromatic heterocycles. The SMILES string of the molecule is Cc1ccccc1N1C(=O)C(Cl)=C(Nc2cccc(C(=O)N3CCN(c4ccccc4)CC3)c2)C1=O. The molecular weight excluding hydrogens is 476 g/mol. The fourth-order valence-corrected chi connectivity index (χ4v) is 4.72. The summed E-state index contributed by atoms with van der Waals surface area (Å²) in [6, 6.07) is 24.2. The van der Waals surface area contributed by atoms with E-state index in [1.807, 2.05) is 42.2 Å². The Balaban J connectivity index is 1.29. The number of rotatable bonds is 5. The zero-order valence-corrected chi connectivity index (χ0v) is 20.5. The summed E-state index contributed by atoms with van der Waals surface area (Å²) in [7, 11) is 0. The third kappa shape index (κ3) is 4.45. The van der Waals surface area contributed by atoms with Gasteiger partial charge in [-0.05, 0) is 48.9 Å². The summed E-state index contributed by atoms with van der Waals surface area (Å²) >= 11 is 6.28. The molecule has 2 aliphatic heterocycles. The number of piperazine rings is 1. The van der Waals surface area contributed by atoms with Crippen molar-refractivity contribution in [2.45, 2.75) is 6.92 Å². The van der Waals surface area contributed by atoms with Gasteiger partial charge in [0, 0.05) is 43.1 Å². The van der Waals surface area contributed by atoms with E-state index >= 15 is 0 Å². The number of hydrogen-bond donors (Lipinski definition) is 1. The molecular formula is C28H25ClN4O3. The Morgan fingerprint density at radius 1 is 0.833 bits per heavy atom. The highest BCUT2D eigenvalue weighted by Crippen LogP contribution is 2.32. The van der Waals surface area contributed by atoms with Gasteiger partial charge in [-0.3, -0.25) is 14.4 Å². The van der Waals surface area contributed by atoms with E-state index in [4.69, 9.17) is 11.6 Å². The van der Waals surface area contributed by atoms with Crippen molar-refractivity contribution in [1.29, 1.82) is 0 Å². The van der Waals surface area contributed by atoms with E-state index in [9.17, 15) is 14.4 Å². The summed E-state index contributed by atoms with van der Waals surface area (Å²) in [4.78, 5) is 44.3. The predicted molar refractivity (Wildman–Crippen MR) is 141 cm³/mol. The summed E-state index contributed by atoms with van der Waals surface area (Å²) < 4.78 is 0. The number of nitrogens with zero attached hydrogens (tertiary/aromatic N) is 3. The Kier molecular flexibility index (Phi) is 6.48. The fourth-order valence-electron chi connectivity index (χ4n) is 4.51. The Hall–Kier alpha value is -4.10. The fraction of sp³-hybridized carbons (Fsp3) is 0.179. The summed E-state index contributed by atoms with van der Waals surface area (Å²) in [6.07, 6.45) is 0. The van der Waals surface area contributed by atoms with Gasteiger partial charge in [-0.1, -0.05) is 54.1 Å². The maximum absolute atomic E-state index is 13.2. The molecule has 0 spiro atoms. The van der Waals surface area contributed by atoms with Crippen molar-refractivity contribution < 1.29 is 14.4 Å². The normalized spacial score (nSPS) is 16.1. The maximum Gasteiger partial charge on any atom is 0.283 e. The Morgan fingerprint density at radius 2 is 1.53 bits per heavy atom. The first kappa shape index (κ1) is 23.6. The topological polar surface area (TPSA) is 73.0 Å². The van der Waals surface area contributed by atoms with Crippen molar-refractivity contribution in [1.82, 2.24) is 4.90 Å². The van der Waals surface area contributed by atoms with Crippen LogP contribution >= 0.6 is 11.6 Å². The van der Waals surface area contributed by atoms with Crippen molar-refractivity contribution in [3.8, 4) is 0 Å². The molecule has 8 heteroatoms. The molecule has 0 saturated carbocycles. The van der Waals surface area contributed by atoms with E-state index in [2.05, 4.69) is 22.3 Å². The molecule has 0 atom stereocenters. The number of aryl methyl sites for hydroxylation is 1. The third-order valence-corrected chi connectivity index (χ3v) is 6.80. The second kappa shape index (κ2) is 9.87. The van der Waals surface area contributed by atoms with Gasteiger partial charge in [0.2, 0.25) is 0 Å². The smallest absolute Gasteiger partial charge is 0.283 e. The highest BCUT2D eigenvalue weighted by molar-refractivity contribution is 6.53. The number of benzene rings is 3. The molecule has 0 unspecified atom stereocenters. The van der Waals surface area contributed by atoms with E-state index in [1.165, 1.54) is 0 Å². The number of imide groups is 1. The number of nitrogens with one attached hydrogen (secondary N) is 1. The second-order valence-corrected chi connectivity index (χ2v) is 9.12. The lowest BCUT2D eigenvalue weighted by Gasteiger charge is -2.36. The van der Waals surface area contributed by atoms with Crippen molar-refractivity contribution in [2.75, 3.05) is 41.3 Å². The van der Waals surface area contributed by atoms with E-state index in [0.29, 0.717) is 30.0 Å². The minimum Gasteiger partial charge on any atom is -0.368 e. The van der Waals surface area contributed by atoms with Crippen LogP contribution in [-0.4, -0.2) is 48.8 Å². The molecule has 3 aromatic carbocycles. The van der Waals surface area contributed by atoms with E-state index in [-0.39, 0.29) is 16.6 Å². The van der Waals surface area contributed by atoms with Crippen LogP contribution in [0, 0.1) is 6.92 Å². The van der Waals surface area contributed by atoms with Crippen LogP contribution in [0.25, 0.3) is 0 Å². The van der Waals surface area contributed by atoms with Crippen LogP contribution in [0.2, 0.25) is 0 Å². The van der Waals surface area contributed by atoms with Gasteiger partial charge in [-0.15, -0.1) is 0 Å². The Bertz CT molecular complexity index is 1360. The van der Waals surface area contributed by atoms with Crippen LogP contribution < -0.4 is 15.1 Å². The van der Waals surface area contributed by atoms with Gasteiger partial charge < -0.3 is 15.1 Å². The zero-order chi connectivity index (χ0) is 25.2. The minimum absolute atomic E-state index is 0.00834. The van der Waals surface area contributed by atoms with E-state index < -0.39 is 11.8 Å². The maximum atomic E-state index is 13.2. The lowest BCUT2D eigenvalue weighted by atomic mass is 10.1. The molecule has 2 heterocycles. The first-order valence-electron chi connectivity index (χ1n) is 11.7. The van der Waals surface area contributed by atoms with Gasteiger partial charge in [0.15, 0.2) is 0 Å². The molecule has 7 nitrogen and oxygen atoms in total. The average molecular weight is 501 g/mol. The minimum atomic E-state index is -0.581. The molecule has 0 bridgehead atoms. The van der Waals surface area contributed by atoms with Crippen LogP contribution in [0.3, 0.4) is 0 Å². The molecule has 0 radical (unpaired) electrons. The first-order valence-corrected chi connectivity index (χ1v) is 12.1. The standard InChI is InChI=1S/C28H25ClN4O3/c1-19-8-5-6-13-23(19)33-27(35)24(29)25(28(33)36)30-21-10-7-9-20(18-21)26(34)32-16-14-31(15-17-32)22-11-3-2-4-12-22/h2-13,18,30H,14-17H2,1H3. The molecule has 1 N–H and O–H groups in total. The lowest BCUT2D eigenvalue weighted by molar-refractivity contribution is -0.120. The van der Waals surface area contributed by atoms with Crippen LogP contribution in [0.5, 0.6) is 0 Å². The monoisotopic (exact) mass is 500 g/mol. The zero-order valence-electron chi connectivity index (χ0n) is 19.8. The summed E-state index contributed by atoms with van der Waals surface area (Å²) in [5.41, 5.74) is 3.41. The van der Waals surface area contributed by atoms with Crippen molar-refractivity contribution >= 4 is 46.4 Å². The molecule has 182 valence electrons. The van der Waals surface area contributed by atoms with Crippen LogP contribution in [0.4, 0.5) is 17.1 Å². The predicted octanol–water partition coefficient (Wildman–Crippen LogP) is 4.39. The molecule has 5 rings (SSSR count). The van der Waals surface area contributed by atoms with Gasteiger partial charge in [0.1, 0.15) is 10.7 Å². The van der Waals surface area contributed by atoms with Gasteiger partial charge in [-0.2, -0.15) is 0 Å². The van der Waals surface area contributed by atoms with Crippen LogP contribution in [0.15, 0.2) is 89.6 Å². The number of para-hydroxylation sites is 2. The van der Waals surface area contributed by atoms with Crippen LogP contribution in [-0.2, 0) is 9.59 Å². The number of hydrogen-bond acceptors (Lipinski definition) is 5. The quantitative estimate of drug-likeness (QED) is 0.526. The summed E-state index contributed by atoms with van der Waals surface area (Å²) in [6.45, 7) is 4.55. The molecule has 0 aliphatic carbocycles. The number of anilines is 3. The summed E-state index contributed by atoms with van der Waals surface area (Å²) in [5.74, 6) is -1.20. The first-order chi connectivity index (χ1) is 17.4. The van der Waals surface area contributed by atoms with Crippen molar-refractivity contribution in [3.63, 3.8) is 0 Å². The largest absolute Gasteiger partial charge is 0.368 e. The number of carbonyl (C=O) groups excluding carboxylic acids is 3. The van der Waals surface area contributed by atoms with Gasteiger partial charge in [-0.25, -0.2) is 4.90 Å². The highest BCUT2D eigenvalue weighted by Gasteiger charge is 2.39. The van der Waals surface area contributed by atoms with Gasteiger partial charge in [0.25, 0.3) is 17.7 Å². The Labute approximate surface area is 214 Å². The van der Waals surface area contributed by atoms with E-state index in [0.717, 1.165) is 29.2 Å². The summed E-state index contributed by atoms with van der Waals surface area (Å²) in [5, 5.41) is 2.79. The molecule has 1 fully saturated rings. The molecule has 3 amide bonds. The Morgan fingerprint density at radius 3 is 2.25 bits per heavy atom. The second-order valence-electron chi connectivity index (χ2n) is 8.74. The molecule has 1 saturated heterocycles. The van der Waals surface area contributed by atoms with E-state index in [1.54, 1.807) is 36.4 Å². The molecule has 3 aromatic rings. The number of halogens is 1. The third-order valence-electron chi connectivity index (χ3n) is 6.45. The lowest BCUT2D eigenvalue weighted by Crippen LogP contribution is -2.48. The van der Waals surface area contributed by atoms with Crippen LogP contribution in [0.1, 0.15) is 15.9 Å². The van der Waals surface area contributed by atoms with Crippen molar-refractivity contribution in [2.24, 2.45) is 0 Å².